The van der Waals surface area contributed by atoms with Gasteiger partial charge in [0.2, 0.25) is 5.91 Å². The number of methoxy groups -OCH3 is 1. The second-order valence-corrected chi connectivity index (χ2v) is 7.41. The van der Waals surface area contributed by atoms with Crippen molar-refractivity contribution in [3.63, 3.8) is 0 Å². The van der Waals surface area contributed by atoms with E-state index in [9.17, 15) is 9.18 Å². The number of halogens is 3. The summed E-state index contributed by atoms with van der Waals surface area (Å²) in [5.74, 6) is -1.40. The number of hydrogen-bond donors (Lipinski definition) is 2. The summed E-state index contributed by atoms with van der Waals surface area (Å²) in [5, 5.41) is 9.46. The van der Waals surface area contributed by atoms with Gasteiger partial charge in [-0.15, -0.1) is 0 Å². The predicted octanol–water partition coefficient (Wildman–Crippen LogP) is 4.79. The van der Waals surface area contributed by atoms with E-state index in [-0.39, 0.29) is 12.2 Å². The Balaban J connectivity index is 2.44. The molecule has 1 unspecified atom stereocenters. The summed E-state index contributed by atoms with van der Waals surface area (Å²) in [6, 6.07) is 10.3. The molecule has 2 atom stereocenters. The molecule has 0 aliphatic carbocycles. The number of benzene rings is 2. The van der Waals surface area contributed by atoms with Gasteiger partial charge in [-0.1, -0.05) is 39.7 Å². The van der Waals surface area contributed by atoms with Crippen molar-refractivity contribution in [1.82, 2.24) is 5.48 Å². The summed E-state index contributed by atoms with van der Waals surface area (Å²) in [6.45, 7) is 1.93. The summed E-state index contributed by atoms with van der Waals surface area (Å²) >= 11 is 9.27. The first-order chi connectivity index (χ1) is 12.3. The summed E-state index contributed by atoms with van der Waals surface area (Å²) in [4.78, 5) is 11.7. The molecule has 0 radical (unpaired) electrons. The maximum absolute atomic E-state index is 14.6. The lowest BCUT2D eigenvalue weighted by atomic mass is 9.84. The van der Waals surface area contributed by atoms with Gasteiger partial charge in [-0.2, -0.15) is 0 Å². The van der Waals surface area contributed by atoms with Crippen LogP contribution in [0, 0.1) is 12.7 Å². The van der Waals surface area contributed by atoms with E-state index in [4.69, 9.17) is 21.5 Å². The van der Waals surface area contributed by atoms with Crippen molar-refractivity contribution in [3.05, 3.63) is 68.4 Å². The van der Waals surface area contributed by atoms with E-state index >= 15 is 0 Å². The average Bonchev–Trinajstić information content (AvgIpc) is 2.60. The Labute approximate surface area is 165 Å². The zero-order chi connectivity index (χ0) is 19.3. The molecule has 2 N–H and O–H groups in total. The second-order valence-electron chi connectivity index (χ2n) is 6.06. The Bertz CT molecular complexity index is 787. The minimum atomic E-state index is -0.618. The van der Waals surface area contributed by atoms with Crippen LogP contribution in [-0.4, -0.2) is 24.3 Å². The first kappa shape index (κ1) is 20.8. The number of carbonyl (C=O) groups excluding carboxylic acids is 1. The van der Waals surface area contributed by atoms with Gasteiger partial charge in [-0.3, -0.25) is 10.0 Å². The second kappa shape index (κ2) is 9.46. The largest absolute Gasteiger partial charge is 0.380 e. The molecule has 2 aromatic rings. The smallest absolute Gasteiger partial charge is 0.245 e. The molecular weight excluding hydrogens is 425 g/mol. The molecule has 0 spiro atoms. The maximum Gasteiger partial charge on any atom is 0.245 e. The van der Waals surface area contributed by atoms with Crippen LogP contribution in [0.3, 0.4) is 0 Å². The van der Waals surface area contributed by atoms with Gasteiger partial charge in [-0.05, 0) is 54.3 Å². The van der Waals surface area contributed by atoms with Crippen molar-refractivity contribution >= 4 is 33.4 Å². The molecule has 0 bridgehead atoms. The summed E-state index contributed by atoms with van der Waals surface area (Å²) < 4.78 is 20.7. The van der Waals surface area contributed by atoms with Gasteiger partial charge < -0.3 is 4.74 Å². The van der Waals surface area contributed by atoms with Crippen LogP contribution in [0.25, 0.3) is 0 Å². The van der Waals surface area contributed by atoms with Gasteiger partial charge in [-0.25, -0.2) is 9.87 Å². The Morgan fingerprint density at radius 3 is 2.65 bits per heavy atom. The molecule has 0 saturated heterocycles. The summed E-state index contributed by atoms with van der Waals surface area (Å²) in [5.41, 5.74) is 4.00. The molecule has 0 saturated carbocycles. The van der Waals surface area contributed by atoms with Crippen LogP contribution in [0.2, 0.25) is 5.02 Å². The number of hydroxylamine groups is 1. The average molecular weight is 445 g/mol. The fraction of sp³-hybridized carbons (Fsp3) is 0.316. The van der Waals surface area contributed by atoms with Crippen LogP contribution in [-0.2, 0) is 16.0 Å². The molecule has 0 aliphatic rings. The number of aryl methyl sites for hydroxylation is 1. The molecular formula is C19H20BrClFNO3. The lowest BCUT2D eigenvalue weighted by Gasteiger charge is -2.27. The van der Waals surface area contributed by atoms with Gasteiger partial charge in [0.1, 0.15) is 5.82 Å². The van der Waals surface area contributed by atoms with E-state index in [2.05, 4.69) is 15.9 Å². The van der Waals surface area contributed by atoms with Gasteiger partial charge >= 0.3 is 0 Å². The quantitative estimate of drug-likeness (QED) is 0.477. The molecule has 140 valence electrons. The van der Waals surface area contributed by atoms with E-state index in [1.807, 2.05) is 19.1 Å². The number of nitrogens with one attached hydrogen (secondary N) is 1. The molecule has 0 aliphatic heterocycles. The molecule has 26 heavy (non-hydrogen) atoms. The van der Waals surface area contributed by atoms with Crippen LogP contribution >= 0.6 is 27.5 Å². The van der Waals surface area contributed by atoms with Gasteiger partial charge in [0, 0.05) is 22.5 Å². The van der Waals surface area contributed by atoms with Crippen molar-refractivity contribution in [3.8, 4) is 0 Å². The molecule has 2 rings (SSSR count). The molecule has 4 nitrogen and oxygen atoms in total. The number of rotatable bonds is 7. The summed E-state index contributed by atoms with van der Waals surface area (Å²) in [7, 11) is 1.47. The minimum absolute atomic E-state index is 0.0974. The van der Waals surface area contributed by atoms with Crippen molar-refractivity contribution in [2.24, 2.45) is 0 Å². The molecule has 0 fully saturated rings. The number of ether oxygens (including phenoxy) is 1. The van der Waals surface area contributed by atoms with Crippen molar-refractivity contribution in [2.45, 2.75) is 31.8 Å². The van der Waals surface area contributed by atoms with Crippen LogP contribution in [0.15, 0.2) is 40.9 Å². The SMILES string of the molecule is CO[C@H](CC(=O)NO)C(Cc1ccc(Cl)cc1C)c1ccc(Br)cc1F. The third kappa shape index (κ3) is 5.27. The number of hydrogen-bond acceptors (Lipinski definition) is 3. The lowest BCUT2D eigenvalue weighted by Crippen LogP contribution is -2.31. The number of amides is 1. The first-order valence-electron chi connectivity index (χ1n) is 8.01. The highest BCUT2D eigenvalue weighted by Gasteiger charge is 2.28. The fourth-order valence-corrected chi connectivity index (χ4v) is 3.55. The topological polar surface area (TPSA) is 58.6 Å². The van der Waals surface area contributed by atoms with Gasteiger partial charge in [0.05, 0.1) is 12.5 Å². The van der Waals surface area contributed by atoms with E-state index in [1.54, 1.807) is 23.7 Å². The zero-order valence-corrected chi connectivity index (χ0v) is 16.8. The Morgan fingerprint density at radius 2 is 2.08 bits per heavy atom. The molecule has 2 aromatic carbocycles. The maximum atomic E-state index is 14.6. The van der Waals surface area contributed by atoms with Crippen LogP contribution in [0.1, 0.15) is 29.0 Å². The van der Waals surface area contributed by atoms with Crippen molar-refractivity contribution in [2.75, 3.05) is 7.11 Å². The zero-order valence-electron chi connectivity index (χ0n) is 14.4. The highest BCUT2D eigenvalue weighted by Crippen LogP contribution is 2.32. The molecule has 7 heteroatoms. The van der Waals surface area contributed by atoms with E-state index in [0.717, 1.165) is 11.1 Å². The minimum Gasteiger partial charge on any atom is -0.380 e. The lowest BCUT2D eigenvalue weighted by molar-refractivity contribution is -0.132. The van der Waals surface area contributed by atoms with Gasteiger partial charge in [0.15, 0.2) is 0 Å². The van der Waals surface area contributed by atoms with Crippen LogP contribution < -0.4 is 5.48 Å². The molecule has 1 amide bonds. The third-order valence-corrected chi connectivity index (χ3v) is 5.10. The van der Waals surface area contributed by atoms with Crippen molar-refractivity contribution in [1.29, 1.82) is 0 Å². The Kier molecular flexibility index (Phi) is 7.58. The highest BCUT2D eigenvalue weighted by atomic mass is 79.9. The predicted molar refractivity (Wildman–Crippen MR) is 102 cm³/mol. The first-order valence-corrected chi connectivity index (χ1v) is 9.18. The highest BCUT2D eigenvalue weighted by molar-refractivity contribution is 9.10. The standard InChI is InChI=1S/C19H20BrClFNO3/c1-11-7-14(21)5-3-12(11)8-16(18(26-2)10-19(24)23-25)15-6-4-13(20)9-17(15)22/h3-7,9,16,18,25H,8,10H2,1-2H3,(H,23,24)/t16?,18-/m1/s1. The van der Waals surface area contributed by atoms with Crippen LogP contribution in [0.5, 0.6) is 0 Å². The monoisotopic (exact) mass is 443 g/mol. The number of carbonyl (C=O) groups is 1. The third-order valence-electron chi connectivity index (χ3n) is 4.37. The van der Waals surface area contributed by atoms with Crippen LogP contribution in [0.4, 0.5) is 4.39 Å². The summed E-state index contributed by atoms with van der Waals surface area (Å²) in [6.07, 6.45) is -0.258. The van der Waals surface area contributed by atoms with Gasteiger partial charge in [0.25, 0.3) is 0 Å². The molecule has 0 aromatic heterocycles. The van der Waals surface area contributed by atoms with E-state index < -0.39 is 17.9 Å². The van der Waals surface area contributed by atoms with E-state index in [1.165, 1.54) is 13.2 Å². The Morgan fingerprint density at radius 1 is 1.35 bits per heavy atom. The normalized spacial score (nSPS) is 13.3. The Hall–Kier alpha value is -1.47. The molecule has 0 heterocycles. The van der Waals surface area contributed by atoms with Crippen molar-refractivity contribution < 1.29 is 19.1 Å². The van der Waals surface area contributed by atoms with E-state index in [0.29, 0.717) is 21.5 Å². The fourth-order valence-electron chi connectivity index (χ4n) is 2.99.